The normalized spacial score (nSPS) is 18.9. The van der Waals surface area contributed by atoms with Crippen molar-refractivity contribution in [2.24, 2.45) is 0 Å². The molecule has 2 aliphatic rings. The Balaban J connectivity index is 2.82. The molecule has 0 saturated carbocycles. The highest BCUT2D eigenvalue weighted by atomic mass is 16.5. The fraction of sp³-hybridized carbons (Fsp3) is 0.100. The summed E-state index contributed by atoms with van der Waals surface area (Å²) in [7, 11) is 0. The highest BCUT2D eigenvalue weighted by molar-refractivity contribution is 6.20. The molecule has 0 aliphatic carbocycles. The molecule has 0 unspecified atom stereocenters. The molecule has 2 amide bonds. The van der Waals surface area contributed by atoms with Crippen molar-refractivity contribution in [2.45, 2.75) is 13.8 Å². The van der Waals surface area contributed by atoms with Crippen LogP contribution in [0.1, 0.15) is 13.8 Å². The van der Waals surface area contributed by atoms with Gasteiger partial charge in [-0.3, -0.25) is 20.0 Å². The molecule has 134 valence electrons. The number of allylic oxidation sites excluding steroid dienone is 8. The van der Waals surface area contributed by atoms with Gasteiger partial charge in [-0.05, 0) is 19.4 Å². The Morgan fingerprint density at radius 2 is 1.42 bits per heavy atom. The van der Waals surface area contributed by atoms with Crippen LogP contribution in [-0.2, 0) is 9.59 Å². The summed E-state index contributed by atoms with van der Waals surface area (Å²) in [6, 6.07) is 0. The van der Waals surface area contributed by atoms with Gasteiger partial charge in [-0.2, -0.15) is 10.1 Å². The lowest BCUT2D eigenvalue weighted by Gasteiger charge is -2.17. The average Bonchev–Trinajstić information content (AvgIpc) is 3.02. The molecule has 0 saturated heterocycles. The van der Waals surface area contributed by atoms with E-state index in [9.17, 15) is 20.0 Å². The van der Waals surface area contributed by atoms with Crippen LogP contribution < -0.4 is 0 Å². The van der Waals surface area contributed by atoms with Crippen molar-refractivity contribution in [1.82, 2.24) is 10.1 Å². The fourth-order valence-corrected chi connectivity index (χ4v) is 2.82. The zero-order valence-electron chi connectivity index (χ0n) is 14.6. The quantitative estimate of drug-likeness (QED) is 0.567. The average molecular weight is 352 g/mol. The number of hydroxylamine groups is 4. The molecule has 2 rings (SSSR count). The van der Waals surface area contributed by atoms with Gasteiger partial charge < -0.3 is 0 Å². The molecule has 0 fully saturated rings. The Hall–Kier alpha value is -3.22. The van der Waals surface area contributed by atoms with Crippen molar-refractivity contribution in [2.75, 3.05) is 0 Å². The zero-order valence-corrected chi connectivity index (χ0v) is 14.6. The number of rotatable bonds is 6. The number of nitrogens with zero attached hydrogens (tertiary/aromatic N) is 2. The van der Waals surface area contributed by atoms with Crippen molar-refractivity contribution in [1.29, 1.82) is 0 Å². The lowest BCUT2D eigenvalue weighted by molar-refractivity contribution is -0.152. The summed E-state index contributed by atoms with van der Waals surface area (Å²) in [6.07, 6.45) is 12.8. The molecule has 26 heavy (non-hydrogen) atoms. The van der Waals surface area contributed by atoms with Gasteiger partial charge in [0, 0.05) is 5.57 Å². The first-order valence-electron chi connectivity index (χ1n) is 7.91. The molecule has 0 radical (unpaired) electrons. The van der Waals surface area contributed by atoms with Gasteiger partial charge in [-0.25, -0.2) is 0 Å². The topological polar surface area (TPSA) is 81.1 Å². The zero-order chi connectivity index (χ0) is 19.4. The van der Waals surface area contributed by atoms with Gasteiger partial charge in [0.05, 0.1) is 22.5 Å². The number of fused-ring (bicyclic) bond motifs is 1. The van der Waals surface area contributed by atoms with Crippen molar-refractivity contribution in [3.05, 3.63) is 95.5 Å². The van der Waals surface area contributed by atoms with Gasteiger partial charge in [-0.15, -0.1) is 0 Å². The van der Waals surface area contributed by atoms with Gasteiger partial charge in [-0.1, -0.05) is 61.8 Å². The van der Waals surface area contributed by atoms with Gasteiger partial charge in [0.1, 0.15) is 0 Å². The monoisotopic (exact) mass is 352 g/mol. The molecule has 6 heteroatoms. The second kappa shape index (κ2) is 7.77. The standard InChI is InChI=1S/C20H20N2O4/c1-5-9-12-13(8-4)17-15-16(20(24)21(17)25)18(22(26)19(15)23)14(10-6-2)11-7-3/h5-12,25-26H,1-2H2,3-4H3/b11-7-,12-9-,13-8+,14-10+. The highest BCUT2D eigenvalue weighted by Gasteiger charge is 2.49. The molecule has 0 aromatic heterocycles. The first kappa shape index (κ1) is 19.1. The Labute approximate surface area is 151 Å². The minimum atomic E-state index is -0.791. The summed E-state index contributed by atoms with van der Waals surface area (Å²) >= 11 is 0. The number of hydrogen-bond donors (Lipinski definition) is 2. The Kier molecular flexibility index (Phi) is 5.71. The van der Waals surface area contributed by atoms with E-state index in [-0.39, 0.29) is 22.5 Å². The summed E-state index contributed by atoms with van der Waals surface area (Å²) in [4.78, 5) is 25.3. The number of hydrogen-bond acceptors (Lipinski definition) is 4. The maximum Gasteiger partial charge on any atom is 0.285 e. The molecule has 0 aromatic rings. The molecular formula is C20H20N2O4. The predicted octanol–water partition coefficient (Wildman–Crippen LogP) is 3.33. The summed E-state index contributed by atoms with van der Waals surface area (Å²) in [5, 5.41) is 21.5. The Morgan fingerprint density at radius 1 is 0.885 bits per heavy atom. The molecular weight excluding hydrogens is 332 g/mol. The first-order valence-corrected chi connectivity index (χ1v) is 7.91. The Morgan fingerprint density at radius 3 is 1.85 bits per heavy atom. The van der Waals surface area contributed by atoms with Crippen LogP contribution in [0.3, 0.4) is 0 Å². The molecule has 6 nitrogen and oxygen atoms in total. The van der Waals surface area contributed by atoms with Crippen LogP contribution in [0.4, 0.5) is 0 Å². The summed E-state index contributed by atoms with van der Waals surface area (Å²) < 4.78 is 0. The molecule has 0 atom stereocenters. The van der Waals surface area contributed by atoms with Gasteiger partial charge in [0.25, 0.3) is 11.8 Å². The lowest BCUT2D eigenvalue weighted by atomic mass is 10.0. The van der Waals surface area contributed by atoms with E-state index >= 15 is 0 Å². The van der Waals surface area contributed by atoms with Gasteiger partial charge in [0.15, 0.2) is 0 Å². The maximum absolute atomic E-state index is 12.6. The van der Waals surface area contributed by atoms with E-state index in [1.807, 2.05) is 0 Å². The molecule has 2 aliphatic heterocycles. The van der Waals surface area contributed by atoms with E-state index in [0.717, 1.165) is 0 Å². The summed E-state index contributed by atoms with van der Waals surface area (Å²) in [5.41, 5.74) is 0.751. The van der Waals surface area contributed by atoms with E-state index in [2.05, 4.69) is 13.2 Å². The third-order valence-electron chi connectivity index (χ3n) is 3.87. The second-order valence-corrected chi connectivity index (χ2v) is 5.38. The number of carbonyl (C=O) groups is 2. The molecule has 0 aromatic carbocycles. The lowest BCUT2D eigenvalue weighted by Crippen LogP contribution is -2.28. The second-order valence-electron chi connectivity index (χ2n) is 5.38. The van der Waals surface area contributed by atoms with Crippen LogP contribution in [0.25, 0.3) is 0 Å². The van der Waals surface area contributed by atoms with Crippen LogP contribution >= 0.6 is 0 Å². The smallest absolute Gasteiger partial charge is 0.281 e. The van der Waals surface area contributed by atoms with Gasteiger partial charge >= 0.3 is 0 Å². The SMILES string of the molecule is C=C/C=C\C(=C/C)C1=C2C(=O)N(O)C(C(/C=C\C)=C/C=C)=C2C(=O)N1O. The number of amides is 2. The highest BCUT2D eigenvalue weighted by Crippen LogP contribution is 2.43. The Bertz CT molecular complexity index is 866. The third-order valence-corrected chi connectivity index (χ3v) is 3.87. The molecule has 0 spiro atoms. The van der Waals surface area contributed by atoms with Crippen LogP contribution in [0, 0.1) is 0 Å². The van der Waals surface area contributed by atoms with E-state index in [1.165, 1.54) is 12.2 Å². The third kappa shape index (κ3) is 2.92. The van der Waals surface area contributed by atoms with Crippen molar-refractivity contribution < 1.29 is 20.0 Å². The fourth-order valence-electron chi connectivity index (χ4n) is 2.82. The van der Waals surface area contributed by atoms with Gasteiger partial charge in [0.2, 0.25) is 0 Å². The number of carbonyl (C=O) groups excluding carboxylic acids is 2. The van der Waals surface area contributed by atoms with E-state index in [4.69, 9.17) is 0 Å². The minimum absolute atomic E-state index is 0.00482. The molecule has 2 heterocycles. The summed E-state index contributed by atoms with van der Waals surface area (Å²) in [5.74, 6) is -1.58. The van der Waals surface area contributed by atoms with Crippen molar-refractivity contribution in [3.63, 3.8) is 0 Å². The largest absolute Gasteiger partial charge is 0.285 e. The molecule has 2 N–H and O–H groups in total. The van der Waals surface area contributed by atoms with Crippen LogP contribution in [0.5, 0.6) is 0 Å². The maximum atomic E-state index is 12.6. The van der Waals surface area contributed by atoms with E-state index in [1.54, 1.807) is 50.3 Å². The van der Waals surface area contributed by atoms with Crippen LogP contribution in [-0.4, -0.2) is 32.4 Å². The predicted molar refractivity (Wildman–Crippen MR) is 97.5 cm³/mol. The van der Waals surface area contributed by atoms with Crippen LogP contribution in [0.15, 0.2) is 95.5 Å². The molecule has 0 bridgehead atoms. The van der Waals surface area contributed by atoms with E-state index in [0.29, 0.717) is 21.3 Å². The summed E-state index contributed by atoms with van der Waals surface area (Å²) in [6.45, 7) is 10.6. The first-order chi connectivity index (χ1) is 12.4. The van der Waals surface area contributed by atoms with E-state index < -0.39 is 11.8 Å². The minimum Gasteiger partial charge on any atom is -0.281 e. The van der Waals surface area contributed by atoms with Crippen LogP contribution in [0.2, 0.25) is 0 Å². The van der Waals surface area contributed by atoms with Crippen molar-refractivity contribution in [3.8, 4) is 0 Å². The van der Waals surface area contributed by atoms with Crippen molar-refractivity contribution >= 4 is 11.8 Å².